The Morgan fingerprint density at radius 3 is 2.05 bits per heavy atom. The summed E-state index contributed by atoms with van der Waals surface area (Å²) >= 11 is 0. The molecule has 0 unspecified atom stereocenters. The summed E-state index contributed by atoms with van der Waals surface area (Å²) < 4.78 is 68.1. The van der Waals surface area contributed by atoms with E-state index in [9.17, 15) is 40.8 Å². The third-order valence-corrected chi connectivity index (χ3v) is 7.44. The third kappa shape index (κ3) is 9.94. The van der Waals surface area contributed by atoms with Gasteiger partial charge in [-0.2, -0.15) is 13.2 Å². The second-order valence-corrected chi connectivity index (χ2v) is 12.7. The first-order valence-corrected chi connectivity index (χ1v) is 15.1. The zero-order valence-electron chi connectivity index (χ0n) is 24.2. The molecular weight excluding hydrogens is 607 g/mol. The average molecular weight is 642 g/mol. The van der Waals surface area contributed by atoms with Crippen LogP contribution in [0.4, 0.5) is 23.7 Å². The first-order valence-electron chi connectivity index (χ1n) is 13.6. The lowest BCUT2D eigenvalue weighted by Crippen LogP contribution is -2.54. The summed E-state index contributed by atoms with van der Waals surface area (Å²) in [5.41, 5.74) is -2.66. The number of carbonyl (C=O) groups is 4. The summed E-state index contributed by atoms with van der Waals surface area (Å²) in [4.78, 5) is 50.5. The van der Waals surface area contributed by atoms with Gasteiger partial charge in [-0.3, -0.25) is 19.7 Å². The van der Waals surface area contributed by atoms with Gasteiger partial charge in [-0.1, -0.05) is 12.8 Å². The van der Waals surface area contributed by atoms with Crippen LogP contribution in [-0.4, -0.2) is 56.5 Å². The summed E-state index contributed by atoms with van der Waals surface area (Å²) in [6.45, 7) is 4.15. The number of sulfonamides is 1. The van der Waals surface area contributed by atoms with Crippen molar-refractivity contribution in [1.29, 1.82) is 0 Å². The van der Waals surface area contributed by atoms with E-state index in [1.165, 1.54) is 24.3 Å². The van der Waals surface area contributed by atoms with Gasteiger partial charge in [-0.25, -0.2) is 18.4 Å². The van der Waals surface area contributed by atoms with Crippen LogP contribution in [0.3, 0.4) is 0 Å². The number of hydrogen-bond acceptors (Lipinski definition) is 7. The number of nitrogens with two attached hydrogens (primary N) is 1. The molecule has 2 aromatic rings. The Bertz CT molecular complexity index is 1510. The van der Waals surface area contributed by atoms with Crippen LogP contribution in [0.15, 0.2) is 47.4 Å². The molecule has 3 rings (SSSR count). The highest BCUT2D eigenvalue weighted by Crippen LogP contribution is 2.32. The number of benzene rings is 2. The van der Waals surface area contributed by atoms with Gasteiger partial charge >= 0.3 is 12.3 Å². The number of carbonyl (C=O) groups excluding carboxylic acids is 4. The number of nitrogens with one attached hydrogen (secondary N) is 4. The lowest BCUT2D eigenvalue weighted by molar-refractivity contribution is -0.137. The Morgan fingerprint density at radius 2 is 1.50 bits per heavy atom. The number of amides is 4. The van der Waals surface area contributed by atoms with Crippen molar-refractivity contribution in [3.63, 3.8) is 0 Å². The van der Waals surface area contributed by atoms with Gasteiger partial charge in [0.1, 0.15) is 5.60 Å². The number of anilines is 1. The fourth-order valence-electron chi connectivity index (χ4n) is 4.47. The van der Waals surface area contributed by atoms with E-state index in [4.69, 9.17) is 9.88 Å². The van der Waals surface area contributed by atoms with Gasteiger partial charge < -0.3 is 20.7 Å². The maximum absolute atomic E-state index is 13.4. The van der Waals surface area contributed by atoms with Gasteiger partial charge in [0.05, 0.1) is 28.3 Å². The molecular formula is C28H34F3N5O7S. The second kappa shape index (κ2) is 13.6. The minimum Gasteiger partial charge on any atom is -0.444 e. The average Bonchev–Trinajstić information content (AvgIpc) is 2.91. The van der Waals surface area contributed by atoms with Crippen molar-refractivity contribution < 1.29 is 45.5 Å². The molecule has 1 fully saturated rings. The summed E-state index contributed by atoms with van der Waals surface area (Å²) in [6.07, 6.45) is -3.22. The number of alkyl halides is 3. The first-order chi connectivity index (χ1) is 20.3. The fraction of sp³-hybridized carbons (Fsp3) is 0.429. The van der Waals surface area contributed by atoms with E-state index < -0.39 is 75.4 Å². The van der Waals surface area contributed by atoms with E-state index in [-0.39, 0.29) is 16.1 Å². The molecule has 2 atom stereocenters. The molecule has 4 amide bonds. The maximum Gasteiger partial charge on any atom is 0.416 e. The monoisotopic (exact) mass is 641 g/mol. The highest BCUT2D eigenvalue weighted by molar-refractivity contribution is 7.89. The SMILES string of the molecule is CC(C)(C)OC(=O)Nc1ccc(C(F)(F)F)cc1C(=O)NCC(=O)N[C@@H]1CCCC[C@@H]1NC(=O)c1ccc(S(N)(=O)=O)cc1. The molecule has 240 valence electrons. The van der Waals surface area contributed by atoms with Crippen molar-refractivity contribution in [1.82, 2.24) is 16.0 Å². The van der Waals surface area contributed by atoms with Crippen LogP contribution in [-0.2, 0) is 25.7 Å². The van der Waals surface area contributed by atoms with Crippen LogP contribution >= 0.6 is 0 Å². The third-order valence-electron chi connectivity index (χ3n) is 6.51. The van der Waals surface area contributed by atoms with Crippen molar-refractivity contribution in [2.45, 2.75) is 75.2 Å². The molecule has 0 radical (unpaired) electrons. The number of halogens is 3. The maximum atomic E-state index is 13.4. The number of rotatable bonds is 8. The van der Waals surface area contributed by atoms with Crippen LogP contribution in [0, 0.1) is 0 Å². The lowest BCUT2D eigenvalue weighted by atomic mass is 9.90. The van der Waals surface area contributed by atoms with Crippen LogP contribution in [0.5, 0.6) is 0 Å². The topological polar surface area (TPSA) is 186 Å². The Morgan fingerprint density at radius 1 is 0.909 bits per heavy atom. The zero-order chi connectivity index (χ0) is 32.9. The molecule has 1 aliphatic carbocycles. The Labute approximate surface area is 252 Å². The van der Waals surface area contributed by atoms with Crippen molar-refractivity contribution in [2.24, 2.45) is 5.14 Å². The molecule has 0 aromatic heterocycles. The van der Waals surface area contributed by atoms with E-state index in [2.05, 4.69) is 21.3 Å². The normalized spacial score (nSPS) is 17.2. The summed E-state index contributed by atoms with van der Waals surface area (Å²) in [5.74, 6) is -2.20. The standard InChI is InChI=1S/C28H34F3N5O7S/c1-27(2,3)43-26(40)36-20-13-10-17(28(29,30)31)14-19(20)25(39)33-15-23(37)34-21-6-4-5-7-22(21)35-24(38)16-8-11-18(12-9-16)44(32,41)42/h8-14,21-22H,4-7,15H2,1-3H3,(H,33,39)(H,34,37)(H,35,38)(H,36,40)(H2,32,41,42)/t21-,22+/m1/s1. The van der Waals surface area contributed by atoms with Crippen molar-refractivity contribution in [3.8, 4) is 0 Å². The molecule has 6 N–H and O–H groups in total. The van der Waals surface area contributed by atoms with E-state index in [0.717, 1.165) is 18.9 Å². The highest BCUT2D eigenvalue weighted by atomic mass is 32.2. The number of hydrogen-bond donors (Lipinski definition) is 5. The van der Waals surface area contributed by atoms with Crippen molar-refractivity contribution >= 4 is 39.5 Å². The predicted octanol–water partition coefficient (Wildman–Crippen LogP) is 3.29. The molecule has 2 aromatic carbocycles. The molecule has 0 spiro atoms. The van der Waals surface area contributed by atoms with Gasteiger partial charge in [-0.15, -0.1) is 0 Å². The second-order valence-electron chi connectivity index (χ2n) is 11.2. The van der Waals surface area contributed by atoms with Gasteiger partial charge in [0.25, 0.3) is 11.8 Å². The van der Waals surface area contributed by atoms with E-state index in [1.54, 1.807) is 20.8 Å². The van der Waals surface area contributed by atoms with E-state index in [0.29, 0.717) is 25.0 Å². The number of primary sulfonamides is 1. The molecule has 0 heterocycles. The molecule has 44 heavy (non-hydrogen) atoms. The van der Waals surface area contributed by atoms with Crippen LogP contribution in [0.1, 0.15) is 72.7 Å². The molecule has 1 aliphatic rings. The molecule has 0 aliphatic heterocycles. The predicted molar refractivity (Wildman–Crippen MR) is 153 cm³/mol. The summed E-state index contributed by atoms with van der Waals surface area (Å²) in [6, 6.07) is 6.18. The van der Waals surface area contributed by atoms with Gasteiger partial charge in [-0.05, 0) is 76.1 Å². The molecule has 0 saturated heterocycles. The highest BCUT2D eigenvalue weighted by Gasteiger charge is 2.33. The minimum absolute atomic E-state index is 0.156. The minimum atomic E-state index is -4.78. The largest absolute Gasteiger partial charge is 0.444 e. The summed E-state index contributed by atoms with van der Waals surface area (Å²) in [7, 11) is -3.93. The van der Waals surface area contributed by atoms with Crippen molar-refractivity contribution in [3.05, 3.63) is 59.2 Å². The first kappa shape index (κ1) is 34.3. The Hall–Kier alpha value is -4.18. The molecule has 0 bridgehead atoms. The smallest absolute Gasteiger partial charge is 0.416 e. The van der Waals surface area contributed by atoms with Gasteiger partial charge in [0.15, 0.2) is 0 Å². The van der Waals surface area contributed by atoms with Crippen LogP contribution in [0.2, 0.25) is 0 Å². The van der Waals surface area contributed by atoms with Crippen LogP contribution < -0.4 is 26.4 Å². The number of ether oxygens (including phenoxy) is 1. The zero-order valence-corrected chi connectivity index (χ0v) is 25.0. The lowest BCUT2D eigenvalue weighted by Gasteiger charge is -2.33. The van der Waals surface area contributed by atoms with Gasteiger partial charge in [0.2, 0.25) is 15.9 Å². The fourth-order valence-corrected chi connectivity index (χ4v) is 4.98. The Kier molecular flexibility index (Phi) is 10.6. The molecule has 12 nitrogen and oxygen atoms in total. The van der Waals surface area contributed by atoms with Crippen molar-refractivity contribution in [2.75, 3.05) is 11.9 Å². The van der Waals surface area contributed by atoms with E-state index in [1.807, 2.05) is 0 Å². The molecule has 1 saturated carbocycles. The van der Waals surface area contributed by atoms with Gasteiger partial charge in [0, 0.05) is 17.6 Å². The van der Waals surface area contributed by atoms with Crippen LogP contribution in [0.25, 0.3) is 0 Å². The Balaban J connectivity index is 1.66. The quantitative estimate of drug-likeness (QED) is 0.293. The van der Waals surface area contributed by atoms with E-state index >= 15 is 0 Å². The molecule has 16 heteroatoms. The summed E-state index contributed by atoms with van der Waals surface area (Å²) in [5, 5.41) is 15.2.